The fourth-order valence-electron chi connectivity index (χ4n) is 4.12. The predicted molar refractivity (Wildman–Crippen MR) is 87.5 cm³/mol. The first kappa shape index (κ1) is 17.4. The number of rotatable bonds is 2. The first-order chi connectivity index (χ1) is 11.8. The number of hydrogen-bond donors (Lipinski definition) is 1. The summed E-state index contributed by atoms with van der Waals surface area (Å²) in [6.07, 6.45) is 0.868. The van der Waals surface area contributed by atoms with Crippen LogP contribution >= 0.6 is 0 Å². The number of aliphatic carboxylic acids is 1. The minimum absolute atomic E-state index is 0.0108. The summed E-state index contributed by atoms with van der Waals surface area (Å²) >= 11 is 0. The smallest absolute Gasteiger partial charge is 0.309 e. The van der Waals surface area contributed by atoms with Crippen molar-refractivity contribution in [3.63, 3.8) is 0 Å². The summed E-state index contributed by atoms with van der Waals surface area (Å²) in [6, 6.07) is 4.06. The van der Waals surface area contributed by atoms with Gasteiger partial charge >= 0.3 is 5.97 Å². The highest BCUT2D eigenvalue weighted by molar-refractivity contribution is 5.96. The van der Waals surface area contributed by atoms with Gasteiger partial charge in [-0.05, 0) is 43.5 Å². The zero-order valence-electron chi connectivity index (χ0n) is 14.3. The van der Waals surface area contributed by atoms with Gasteiger partial charge in [-0.15, -0.1) is 0 Å². The molecule has 2 saturated heterocycles. The lowest BCUT2D eigenvalue weighted by molar-refractivity contribution is -0.145. The molecule has 3 rings (SSSR count). The molecule has 2 aliphatic rings. The maximum Gasteiger partial charge on any atom is 0.309 e. The minimum atomic E-state index is -0.966. The lowest BCUT2D eigenvalue weighted by Crippen LogP contribution is -2.57. The van der Waals surface area contributed by atoms with Gasteiger partial charge in [-0.1, -0.05) is 0 Å². The Labute approximate surface area is 145 Å². The Morgan fingerprint density at radius 3 is 2.48 bits per heavy atom. The Bertz CT molecular complexity index is 741. The van der Waals surface area contributed by atoms with Crippen molar-refractivity contribution in [1.82, 2.24) is 9.80 Å². The van der Waals surface area contributed by atoms with Crippen LogP contribution in [-0.4, -0.2) is 58.4 Å². The van der Waals surface area contributed by atoms with E-state index in [-0.39, 0.29) is 24.1 Å². The third-order valence-electron chi connectivity index (χ3n) is 5.70. The van der Waals surface area contributed by atoms with E-state index in [4.69, 9.17) is 0 Å². The molecule has 0 unspecified atom stereocenters. The fourth-order valence-corrected chi connectivity index (χ4v) is 4.12. The number of carbonyl (C=O) groups excluding carboxylic acids is 2. The molecular weight excluding hydrogens is 327 g/mol. The molecule has 2 amide bonds. The van der Waals surface area contributed by atoms with Gasteiger partial charge in [0.05, 0.1) is 11.5 Å². The number of benzene rings is 1. The molecule has 0 aromatic heterocycles. The predicted octanol–water partition coefficient (Wildman–Crippen LogP) is 1.67. The van der Waals surface area contributed by atoms with Gasteiger partial charge in [-0.25, -0.2) is 4.39 Å². The summed E-state index contributed by atoms with van der Waals surface area (Å²) in [5.74, 6) is -2.45. The summed E-state index contributed by atoms with van der Waals surface area (Å²) in [5.41, 5.74) is 0.294. The maximum absolute atomic E-state index is 13.2. The van der Waals surface area contributed by atoms with Gasteiger partial charge in [0.2, 0.25) is 5.91 Å². The number of carboxylic acid groups (broad SMARTS) is 1. The normalized spacial score (nSPS) is 22.5. The molecule has 0 bridgehead atoms. The number of aryl methyl sites for hydroxylation is 1. The van der Waals surface area contributed by atoms with Crippen LogP contribution in [-0.2, 0) is 9.59 Å². The number of likely N-dealkylation sites (tertiary alicyclic amines) is 2. The van der Waals surface area contributed by atoms with Crippen LogP contribution in [0, 0.1) is 18.7 Å². The van der Waals surface area contributed by atoms with Gasteiger partial charge in [-0.2, -0.15) is 0 Å². The van der Waals surface area contributed by atoms with Crippen LogP contribution in [0.1, 0.15) is 35.2 Å². The van der Waals surface area contributed by atoms with E-state index in [0.717, 1.165) is 0 Å². The van der Waals surface area contributed by atoms with Crippen LogP contribution in [0.15, 0.2) is 18.2 Å². The molecule has 0 aliphatic carbocycles. The van der Waals surface area contributed by atoms with Gasteiger partial charge in [0.15, 0.2) is 0 Å². The van der Waals surface area contributed by atoms with E-state index in [1.807, 2.05) is 0 Å². The van der Waals surface area contributed by atoms with Crippen LogP contribution in [0.4, 0.5) is 4.39 Å². The molecule has 0 radical (unpaired) electrons. The summed E-state index contributed by atoms with van der Waals surface area (Å²) in [6.45, 7) is 2.43. The highest BCUT2D eigenvalue weighted by Gasteiger charge is 2.55. The topological polar surface area (TPSA) is 77.9 Å². The van der Waals surface area contributed by atoms with Crippen molar-refractivity contribution < 1.29 is 23.9 Å². The molecule has 25 heavy (non-hydrogen) atoms. The maximum atomic E-state index is 13.2. The highest BCUT2D eigenvalue weighted by atomic mass is 19.1. The van der Waals surface area contributed by atoms with E-state index in [1.54, 1.807) is 23.8 Å². The van der Waals surface area contributed by atoms with Gasteiger partial charge < -0.3 is 14.9 Å². The molecule has 7 heteroatoms. The third-order valence-corrected chi connectivity index (χ3v) is 5.70. The van der Waals surface area contributed by atoms with E-state index in [0.29, 0.717) is 37.1 Å². The van der Waals surface area contributed by atoms with E-state index >= 15 is 0 Å². The number of piperidine rings is 1. The Morgan fingerprint density at radius 1 is 1.28 bits per heavy atom. The second kappa shape index (κ2) is 6.13. The number of halogens is 1. The van der Waals surface area contributed by atoms with E-state index < -0.39 is 17.4 Å². The van der Waals surface area contributed by atoms with Crippen LogP contribution in [0.5, 0.6) is 0 Å². The molecule has 1 atom stereocenters. The molecular formula is C18H21FN2O4. The Hall–Kier alpha value is -2.44. The highest BCUT2D eigenvalue weighted by Crippen LogP contribution is 2.43. The molecule has 0 saturated carbocycles. The van der Waals surface area contributed by atoms with Crippen molar-refractivity contribution in [2.45, 2.75) is 31.7 Å². The largest absolute Gasteiger partial charge is 0.481 e. The van der Waals surface area contributed by atoms with E-state index in [2.05, 4.69) is 0 Å². The van der Waals surface area contributed by atoms with Crippen molar-refractivity contribution in [2.24, 2.45) is 5.92 Å². The van der Waals surface area contributed by atoms with Gasteiger partial charge in [0, 0.05) is 32.1 Å². The van der Waals surface area contributed by atoms with E-state index in [1.165, 1.54) is 18.2 Å². The summed E-state index contributed by atoms with van der Waals surface area (Å²) in [7, 11) is 1.65. The van der Waals surface area contributed by atoms with Gasteiger partial charge in [0.1, 0.15) is 5.82 Å². The molecule has 2 heterocycles. The Kier molecular flexibility index (Phi) is 4.26. The van der Waals surface area contributed by atoms with Crippen molar-refractivity contribution in [2.75, 3.05) is 20.1 Å². The molecule has 2 aliphatic heterocycles. The number of nitrogens with zero attached hydrogens (tertiary/aromatic N) is 2. The number of hydrogen-bond acceptors (Lipinski definition) is 3. The summed E-state index contributed by atoms with van der Waals surface area (Å²) in [4.78, 5) is 39.5. The summed E-state index contributed by atoms with van der Waals surface area (Å²) in [5, 5.41) is 9.49. The van der Waals surface area contributed by atoms with Crippen LogP contribution in [0.2, 0.25) is 0 Å². The van der Waals surface area contributed by atoms with Crippen molar-refractivity contribution in [3.8, 4) is 0 Å². The minimum Gasteiger partial charge on any atom is -0.481 e. The zero-order valence-corrected chi connectivity index (χ0v) is 14.3. The molecule has 1 spiro atoms. The zero-order chi connectivity index (χ0) is 18.4. The van der Waals surface area contributed by atoms with Crippen LogP contribution in [0.3, 0.4) is 0 Å². The second-order valence-corrected chi connectivity index (χ2v) is 6.90. The monoisotopic (exact) mass is 348 g/mol. The fraction of sp³-hybridized carbons (Fsp3) is 0.500. The quantitative estimate of drug-likeness (QED) is 0.882. The van der Waals surface area contributed by atoms with Gasteiger partial charge in [-0.3, -0.25) is 14.4 Å². The Morgan fingerprint density at radius 2 is 1.92 bits per heavy atom. The number of carbonyl (C=O) groups is 3. The van der Waals surface area contributed by atoms with Crippen molar-refractivity contribution >= 4 is 17.8 Å². The molecule has 6 nitrogen and oxygen atoms in total. The molecule has 1 aromatic rings. The molecule has 134 valence electrons. The average molecular weight is 348 g/mol. The molecule has 2 fully saturated rings. The standard InChI is InChI=1S/C18H21FN2O4/c1-11-9-12(19)3-4-13(11)16(23)21-7-5-18(6-8-21)14(17(24)25)10-15(22)20(18)2/h3-4,9,14H,5-8,10H2,1-2H3,(H,24,25)/t14-/m0/s1. The third kappa shape index (κ3) is 2.77. The van der Waals surface area contributed by atoms with Crippen LogP contribution < -0.4 is 0 Å². The van der Waals surface area contributed by atoms with Gasteiger partial charge in [0.25, 0.3) is 5.91 Å². The first-order valence-electron chi connectivity index (χ1n) is 8.31. The average Bonchev–Trinajstić information content (AvgIpc) is 2.80. The SMILES string of the molecule is Cc1cc(F)ccc1C(=O)N1CCC2(CC1)[C@H](C(=O)O)CC(=O)N2C. The molecule has 1 N–H and O–H groups in total. The number of carboxylic acids is 1. The second-order valence-electron chi connectivity index (χ2n) is 6.90. The van der Waals surface area contributed by atoms with E-state index in [9.17, 15) is 23.9 Å². The summed E-state index contributed by atoms with van der Waals surface area (Å²) < 4.78 is 13.2. The molecule has 1 aromatic carbocycles. The Balaban J connectivity index is 1.78. The lowest BCUT2D eigenvalue weighted by atomic mass is 9.77. The van der Waals surface area contributed by atoms with Crippen LogP contribution in [0.25, 0.3) is 0 Å². The first-order valence-corrected chi connectivity index (χ1v) is 8.31. The lowest BCUT2D eigenvalue weighted by Gasteiger charge is -2.45. The van der Waals surface area contributed by atoms with Crippen molar-refractivity contribution in [3.05, 3.63) is 35.1 Å². The van der Waals surface area contributed by atoms with Crippen molar-refractivity contribution in [1.29, 1.82) is 0 Å². The number of amides is 2.